The van der Waals surface area contributed by atoms with Gasteiger partial charge >= 0.3 is 17.6 Å². The highest BCUT2D eigenvalue weighted by Gasteiger charge is 2.28. The maximum absolute atomic E-state index is 14.7. The number of aryl methyl sites for hydroxylation is 1. The topological polar surface area (TPSA) is 123 Å². The van der Waals surface area contributed by atoms with E-state index in [2.05, 4.69) is 20.4 Å². The first-order chi connectivity index (χ1) is 19.0. The first kappa shape index (κ1) is 26.3. The maximum Gasteiger partial charge on any atom is 0.408 e. The Labute approximate surface area is 222 Å². The summed E-state index contributed by atoms with van der Waals surface area (Å²) in [6.07, 6.45) is -0.414. The Morgan fingerprint density at radius 2 is 1.88 bits per heavy atom. The number of hydrogen-bond donors (Lipinski definition) is 1. The predicted molar refractivity (Wildman–Crippen MR) is 136 cm³/mol. The second-order valence-electron chi connectivity index (χ2n) is 8.90. The zero-order valence-corrected chi connectivity index (χ0v) is 20.6. The standard InChI is InChI=1S/C26H18F4N8O2/c1-15-6-20(11-32-10-15)38-24(39)34-23(37(25(38)40)13-17-7-16(9-31)2-4-21(17)27)33-19-3-5-22-18(8-19)12-36(35-22)14-26(28,29)30/h2-8,10-12H,13-14H2,1H3,(H,33,34,39). The molecule has 202 valence electrons. The van der Waals surface area contributed by atoms with Gasteiger partial charge < -0.3 is 5.32 Å². The van der Waals surface area contributed by atoms with E-state index in [4.69, 9.17) is 0 Å². The second-order valence-corrected chi connectivity index (χ2v) is 8.90. The van der Waals surface area contributed by atoms with Crippen molar-refractivity contribution in [3.05, 3.63) is 105 Å². The highest BCUT2D eigenvalue weighted by molar-refractivity contribution is 5.82. The molecule has 0 aliphatic carbocycles. The molecule has 40 heavy (non-hydrogen) atoms. The molecule has 0 bridgehead atoms. The van der Waals surface area contributed by atoms with Crippen molar-refractivity contribution in [2.45, 2.75) is 26.2 Å². The molecule has 3 heterocycles. The minimum absolute atomic E-state index is 0.0116. The molecule has 0 spiro atoms. The van der Waals surface area contributed by atoms with E-state index in [1.165, 1.54) is 48.9 Å². The summed E-state index contributed by atoms with van der Waals surface area (Å²) in [4.78, 5) is 34.7. The van der Waals surface area contributed by atoms with Gasteiger partial charge in [-0.05, 0) is 55.0 Å². The predicted octanol–water partition coefficient (Wildman–Crippen LogP) is 3.81. The van der Waals surface area contributed by atoms with Gasteiger partial charge in [-0.1, -0.05) is 0 Å². The molecule has 0 saturated heterocycles. The molecule has 10 nitrogen and oxygen atoms in total. The summed E-state index contributed by atoms with van der Waals surface area (Å²) in [7, 11) is 0. The SMILES string of the molecule is Cc1cncc(-n2c(=O)nc(Nc3ccc4nn(CC(F)(F)F)cc4c3)n(Cc3cc(C#N)ccc3F)c2=O)c1. The number of nitrogens with zero attached hydrogens (tertiary/aromatic N) is 7. The van der Waals surface area contributed by atoms with Gasteiger partial charge in [-0.15, -0.1) is 0 Å². The number of alkyl halides is 3. The number of pyridine rings is 1. The molecule has 0 radical (unpaired) electrons. The fraction of sp³-hybridized carbons (Fsp3) is 0.154. The Kier molecular flexibility index (Phi) is 6.64. The third-order valence-corrected chi connectivity index (χ3v) is 5.84. The summed E-state index contributed by atoms with van der Waals surface area (Å²) >= 11 is 0. The molecular weight excluding hydrogens is 532 g/mol. The normalized spacial score (nSPS) is 11.5. The van der Waals surface area contributed by atoms with Crippen molar-refractivity contribution in [3.8, 4) is 11.8 Å². The number of halogens is 4. The average Bonchev–Trinajstić information content (AvgIpc) is 3.27. The van der Waals surface area contributed by atoms with Gasteiger partial charge in [0.05, 0.1) is 35.6 Å². The molecule has 5 aromatic rings. The lowest BCUT2D eigenvalue weighted by Crippen LogP contribution is -2.42. The third-order valence-electron chi connectivity index (χ3n) is 5.84. The maximum atomic E-state index is 14.7. The van der Waals surface area contributed by atoms with E-state index in [0.717, 1.165) is 19.9 Å². The van der Waals surface area contributed by atoms with Gasteiger partial charge in [0.25, 0.3) is 0 Å². The summed E-state index contributed by atoms with van der Waals surface area (Å²) in [5, 5.41) is 16.3. The molecule has 0 fully saturated rings. The number of hydrogen-bond acceptors (Lipinski definition) is 7. The summed E-state index contributed by atoms with van der Waals surface area (Å²) in [5.74, 6) is -0.944. The molecule has 0 aliphatic rings. The van der Waals surface area contributed by atoms with Crippen molar-refractivity contribution in [2.75, 3.05) is 5.32 Å². The van der Waals surface area contributed by atoms with Crippen LogP contribution >= 0.6 is 0 Å². The first-order valence-corrected chi connectivity index (χ1v) is 11.7. The Balaban J connectivity index is 1.62. The number of fused-ring (bicyclic) bond motifs is 1. The van der Waals surface area contributed by atoms with Gasteiger partial charge in [0.15, 0.2) is 0 Å². The van der Waals surface area contributed by atoms with E-state index in [9.17, 15) is 32.4 Å². The summed E-state index contributed by atoms with van der Waals surface area (Å²) in [5.41, 5.74) is -0.278. The summed E-state index contributed by atoms with van der Waals surface area (Å²) in [6, 6.07) is 11.5. The molecule has 0 saturated carbocycles. The Hall–Kier alpha value is -5.32. The molecule has 0 atom stereocenters. The number of nitrogens with one attached hydrogen (secondary N) is 1. The molecule has 5 rings (SSSR count). The number of nitriles is 1. The van der Waals surface area contributed by atoms with Crippen molar-refractivity contribution in [3.63, 3.8) is 0 Å². The zero-order valence-electron chi connectivity index (χ0n) is 20.6. The van der Waals surface area contributed by atoms with Crippen LogP contribution < -0.4 is 16.7 Å². The van der Waals surface area contributed by atoms with Crippen LogP contribution in [0.2, 0.25) is 0 Å². The fourth-order valence-electron chi connectivity index (χ4n) is 4.10. The molecule has 0 unspecified atom stereocenters. The van der Waals surface area contributed by atoms with Crippen LogP contribution in [0.1, 0.15) is 16.7 Å². The minimum Gasteiger partial charge on any atom is -0.325 e. The Morgan fingerprint density at radius 3 is 2.60 bits per heavy atom. The van der Waals surface area contributed by atoms with Crippen molar-refractivity contribution >= 4 is 22.5 Å². The number of benzene rings is 2. The highest BCUT2D eigenvalue weighted by Crippen LogP contribution is 2.23. The first-order valence-electron chi connectivity index (χ1n) is 11.7. The van der Waals surface area contributed by atoms with Crippen LogP contribution in [0.5, 0.6) is 0 Å². The van der Waals surface area contributed by atoms with E-state index in [-0.39, 0.29) is 34.0 Å². The van der Waals surface area contributed by atoms with Crippen LogP contribution in [-0.4, -0.2) is 35.1 Å². The molecule has 2 aromatic carbocycles. The van der Waals surface area contributed by atoms with Crippen LogP contribution in [-0.2, 0) is 13.1 Å². The average molecular weight is 550 g/mol. The van der Waals surface area contributed by atoms with Gasteiger partial charge in [0.1, 0.15) is 12.4 Å². The van der Waals surface area contributed by atoms with Crippen LogP contribution in [0.25, 0.3) is 16.6 Å². The van der Waals surface area contributed by atoms with Crippen LogP contribution in [0.3, 0.4) is 0 Å². The molecule has 1 N–H and O–H groups in total. The number of rotatable bonds is 6. The van der Waals surface area contributed by atoms with Gasteiger partial charge in [-0.25, -0.2) is 18.5 Å². The Bertz CT molecular complexity index is 1920. The van der Waals surface area contributed by atoms with E-state index < -0.39 is 36.5 Å². The van der Waals surface area contributed by atoms with Crippen molar-refractivity contribution in [2.24, 2.45) is 0 Å². The lowest BCUT2D eigenvalue weighted by Gasteiger charge is -2.16. The molecule has 0 amide bonds. The van der Waals surface area contributed by atoms with Gasteiger partial charge in [0, 0.05) is 29.0 Å². The molecule has 14 heteroatoms. The van der Waals surface area contributed by atoms with Crippen LogP contribution in [0.4, 0.5) is 29.2 Å². The number of aromatic nitrogens is 6. The number of anilines is 2. The van der Waals surface area contributed by atoms with E-state index in [1.807, 2.05) is 6.07 Å². The second kappa shape index (κ2) is 10.1. The summed E-state index contributed by atoms with van der Waals surface area (Å²) in [6.45, 7) is 0.0465. The van der Waals surface area contributed by atoms with Crippen molar-refractivity contribution < 1.29 is 17.6 Å². The molecule has 3 aromatic heterocycles. The van der Waals surface area contributed by atoms with E-state index >= 15 is 0 Å². The van der Waals surface area contributed by atoms with Crippen LogP contribution in [0, 0.1) is 24.1 Å². The van der Waals surface area contributed by atoms with Gasteiger partial charge in [-0.3, -0.25) is 14.2 Å². The summed E-state index contributed by atoms with van der Waals surface area (Å²) < 4.78 is 55.6. The zero-order chi connectivity index (χ0) is 28.6. The Morgan fingerprint density at radius 1 is 1.07 bits per heavy atom. The minimum atomic E-state index is -4.46. The lowest BCUT2D eigenvalue weighted by molar-refractivity contribution is -0.142. The third kappa shape index (κ3) is 5.44. The highest BCUT2D eigenvalue weighted by atomic mass is 19.4. The fourth-order valence-corrected chi connectivity index (χ4v) is 4.10. The lowest BCUT2D eigenvalue weighted by atomic mass is 10.1. The smallest absolute Gasteiger partial charge is 0.325 e. The van der Waals surface area contributed by atoms with E-state index in [1.54, 1.807) is 13.0 Å². The monoisotopic (exact) mass is 550 g/mol. The van der Waals surface area contributed by atoms with E-state index in [0.29, 0.717) is 10.9 Å². The molecule has 0 aliphatic heterocycles. The van der Waals surface area contributed by atoms with Crippen LogP contribution in [0.15, 0.2) is 70.6 Å². The quantitative estimate of drug-likeness (QED) is 0.319. The van der Waals surface area contributed by atoms with Gasteiger partial charge in [0.2, 0.25) is 5.95 Å². The van der Waals surface area contributed by atoms with Gasteiger partial charge in [-0.2, -0.15) is 28.5 Å². The van der Waals surface area contributed by atoms with Crippen molar-refractivity contribution in [1.82, 2.24) is 28.9 Å². The van der Waals surface area contributed by atoms with Crippen molar-refractivity contribution in [1.29, 1.82) is 5.26 Å². The largest absolute Gasteiger partial charge is 0.408 e. The molecular formula is C26H18F4N8O2.